The summed E-state index contributed by atoms with van der Waals surface area (Å²) in [7, 11) is 2.54. The van der Waals surface area contributed by atoms with Crippen LogP contribution < -0.4 is 16.2 Å². The zero-order valence-corrected chi connectivity index (χ0v) is 44.7. The molecule has 5 heteroatoms. The van der Waals surface area contributed by atoms with Crippen LogP contribution in [0.5, 0.6) is 0 Å². The van der Waals surface area contributed by atoms with Gasteiger partial charge in [0.15, 0.2) is 7.28 Å². The molecule has 11 aromatic rings. The Labute approximate surface area is 428 Å². The molecule has 8 aromatic carbocycles. The van der Waals surface area contributed by atoms with Gasteiger partial charge in [-0.15, -0.1) is 11.3 Å². The van der Waals surface area contributed by atoms with E-state index in [0.29, 0.717) is 0 Å². The summed E-state index contributed by atoms with van der Waals surface area (Å²) in [6.45, 7) is 28.7. The number of furan rings is 1. The number of fused-ring (bicyclic) bond motifs is 16. The van der Waals surface area contributed by atoms with Gasteiger partial charge in [-0.3, -0.25) is 0 Å². The maximum atomic E-state index is 6.69. The molecule has 0 bridgehead atoms. The maximum Gasteiger partial charge on any atom is 0.197 e. The Morgan fingerprint density at radius 1 is 0.569 bits per heavy atom. The lowest BCUT2D eigenvalue weighted by atomic mass is 9.57. The van der Waals surface area contributed by atoms with E-state index in [4.69, 9.17) is 4.42 Å². The molecular formula is C67H62BN2OS. The Balaban J connectivity index is 1.15. The van der Waals surface area contributed by atoms with E-state index in [1.165, 1.54) is 121 Å². The summed E-state index contributed by atoms with van der Waals surface area (Å²) in [5.74, 6) is 0. The first kappa shape index (κ1) is 44.2. The Morgan fingerprint density at radius 2 is 1.24 bits per heavy atom. The Hall–Kier alpha value is -6.56. The van der Waals surface area contributed by atoms with Crippen molar-refractivity contribution in [1.82, 2.24) is 4.57 Å². The molecule has 14 rings (SSSR count). The van der Waals surface area contributed by atoms with Gasteiger partial charge in [-0.05, 0) is 145 Å². The van der Waals surface area contributed by atoms with Gasteiger partial charge in [0.05, 0.1) is 5.52 Å². The van der Waals surface area contributed by atoms with Gasteiger partial charge >= 0.3 is 0 Å². The first-order valence-electron chi connectivity index (χ1n) is 26.2. The van der Waals surface area contributed by atoms with Crippen molar-refractivity contribution in [2.45, 2.75) is 123 Å². The fourth-order valence-electron chi connectivity index (χ4n) is 13.4. The Bertz CT molecular complexity index is 4190. The first-order chi connectivity index (χ1) is 34.2. The van der Waals surface area contributed by atoms with Crippen LogP contribution in [0.25, 0.3) is 91.9 Å². The van der Waals surface area contributed by atoms with E-state index >= 15 is 0 Å². The summed E-state index contributed by atoms with van der Waals surface area (Å²) in [4.78, 5) is 0. The molecule has 0 fully saturated rings. The molecule has 1 radical (unpaired) electrons. The zero-order chi connectivity index (χ0) is 49.8. The molecule has 3 aromatic heterocycles. The van der Waals surface area contributed by atoms with E-state index in [-0.39, 0.29) is 27.1 Å². The Morgan fingerprint density at radius 3 is 1.99 bits per heavy atom. The van der Waals surface area contributed by atoms with Gasteiger partial charge in [0.25, 0.3) is 0 Å². The zero-order valence-electron chi connectivity index (χ0n) is 43.9. The second kappa shape index (κ2) is 14.4. The van der Waals surface area contributed by atoms with E-state index < -0.39 is 0 Å². The number of thiophene rings is 1. The average Bonchev–Trinajstić information content (AvgIpc) is 4.05. The highest BCUT2D eigenvalue weighted by Gasteiger charge is 2.44. The van der Waals surface area contributed by atoms with Crippen LogP contribution >= 0.6 is 11.3 Å². The number of rotatable bonds is 3. The number of hydrogen-bond acceptors (Lipinski definition) is 3. The van der Waals surface area contributed by atoms with Crippen LogP contribution in [0.15, 0.2) is 132 Å². The molecule has 2 aliphatic carbocycles. The van der Waals surface area contributed by atoms with Crippen LogP contribution in [-0.4, -0.2) is 11.8 Å². The van der Waals surface area contributed by atoms with Crippen molar-refractivity contribution < 1.29 is 4.42 Å². The number of para-hydroxylation sites is 1. The van der Waals surface area contributed by atoms with Crippen LogP contribution in [0, 0.1) is 0 Å². The summed E-state index contributed by atoms with van der Waals surface area (Å²) >= 11 is 1.95. The minimum Gasteiger partial charge on any atom is -0.456 e. The lowest BCUT2D eigenvalue weighted by molar-refractivity contribution is 0.332. The molecule has 0 saturated heterocycles. The Kier molecular flexibility index (Phi) is 8.80. The molecule has 1 N–H and O–H groups in total. The maximum absolute atomic E-state index is 6.69. The molecule has 0 unspecified atom stereocenters. The largest absolute Gasteiger partial charge is 0.456 e. The van der Waals surface area contributed by atoms with Crippen LogP contribution in [0.1, 0.15) is 129 Å². The number of aromatic nitrogens is 1. The van der Waals surface area contributed by atoms with Crippen molar-refractivity contribution in [3.8, 4) is 27.9 Å². The van der Waals surface area contributed by atoms with Crippen LogP contribution in [0.3, 0.4) is 0 Å². The molecule has 0 saturated carbocycles. The minimum atomic E-state index is -0.327. The molecule has 3 nitrogen and oxygen atoms in total. The fraction of sp³-hybridized carbons (Fsp3) is 0.284. The van der Waals surface area contributed by atoms with Crippen molar-refractivity contribution in [1.29, 1.82) is 0 Å². The van der Waals surface area contributed by atoms with Crippen molar-refractivity contribution in [3.05, 3.63) is 161 Å². The molecule has 0 spiro atoms. The number of nitrogens with one attached hydrogen (secondary N) is 1. The van der Waals surface area contributed by atoms with Gasteiger partial charge in [0.1, 0.15) is 11.2 Å². The lowest BCUT2D eigenvalue weighted by Gasteiger charge is -2.41. The van der Waals surface area contributed by atoms with Gasteiger partial charge in [0, 0.05) is 81.3 Å². The van der Waals surface area contributed by atoms with Gasteiger partial charge < -0.3 is 14.3 Å². The highest BCUT2D eigenvalue weighted by molar-refractivity contribution is 7.25. The summed E-state index contributed by atoms with van der Waals surface area (Å²) in [5, 5.41) is 11.7. The minimum absolute atomic E-state index is 0.0367. The van der Waals surface area contributed by atoms with Gasteiger partial charge in [-0.1, -0.05) is 155 Å². The van der Waals surface area contributed by atoms with E-state index in [0.717, 1.165) is 39.0 Å². The first-order valence-corrected chi connectivity index (χ1v) is 27.0. The van der Waals surface area contributed by atoms with E-state index in [2.05, 4.69) is 228 Å². The standard InChI is InChI=1S/C67H62BN2OS/c1-63(2,3)36-21-24-38(25-22-36)69-50-34-56-42(43-31-47-48(33-55(43)72-56)66(9,10)28-27-65(47,7)8)30-44(50)59-60-57(40-18-13-15-19-46(40)67(60,11)12)58-45-29-37(64(4,5)6)23-26-51(45)70-52-35-54-41(32-49(52)68-61(59)62(58)70)39-17-14-16-20-53(39)71-54/h13-26,29-35,69H,27-28H2,1-12H3. The van der Waals surface area contributed by atoms with Crippen molar-refractivity contribution in [3.63, 3.8) is 0 Å². The van der Waals surface area contributed by atoms with Crippen molar-refractivity contribution >= 4 is 105 Å². The monoisotopic (exact) mass is 953 g/mol. The predicted octanol–water partition coefficient (Wildman–Crippen LogP) is 17.7. The van der Waals surface area contributed by atoms with Crippen molar-refractivity contribution in [2.24, 2.45) is 0 Å². The third-order valence-corrected chi connectivity index (χ3v) is 18.7. The van der Waals surface area contributed by atoms with Crippen molar-refractivity contribution in [2.75, 3.05) is 5.32 Å². The van der Waals surface area contributed by atoms with Gasteiger partial charge in [-0.25, -0.2) is 0 Å². The van der Waals surface area contributed by atoms with Crippen LogP contribution in [0.4, 0.5) is 11.4 Å². The highest BCUT2D eigenvalue weighted by Crippen LogP contribution is 2.58. The molecule has 0 atom stereocenters. The second-order valence-corrected chi connectivity index (χ2v) is 26.6. The number of hydrogen-bond donors (Lipinski definition) is 1. The van der Waals surface area contributed by atoms with Gasteiger partial charge in [-0.2, -0.15) is 0 Å². The third-order valence-electron chi connectivity index (χ3n) is 17.6. The van der Waals surface area contributed by atoms with E-state index in [9.17, 15) is 0 Å². The summed E-state index contributed by atoms with van der Waals surface area (Å²) in [6.07, 6.45) is 2.38. The molecular weight excluding hydrogens is 892 g/mol. The summed E-state index contributed by atoms with van der Waals surface area (Å²) in [6, 6.07) is 49.2. The number of nitrogens with zero attached hydrogens (tertiary/aromatic N) is 1. The average molecular weight is 954 g/mol. The van der Waals surface area contributed by atoms with Crippen LogP contribution in [0.2, 0.25) is 0 Å². The van der Waals surface area contributed by atoms with Gasteiger partial charge in [0.2, 0.25) is 0 Å². The molecule has 0 amide bonds. The summed E-state index contributed by atoms with van der Waals surface area (Å²) in [5.41, 5.74) is 23.7. The second-order valence-electron chi connectivity index (χ2n) is 25.5. The molecule has 4 heterocycles. The molecule has 1 aliphatic heterocycles. The van der Waals surface area contributed by atoms with E-state index in [1.807, 2.05) is 11.3 Å². The molecule has 3 aliphatic rings. The summed E-state index contributed by atoms with van der Waals surface area (Å²) < 4.78 is 12.0. The predicted molar refractivity (Wildman–Crippen MR) is 311 cm³/mol. The molecule has 355 valence electrons. The highest BCUT2D eigenvalue weighted by atomic mass is 32.1. The SMILES string of the molecule is CC(C)(C)c1ccc(Nc2cc3sc4cc5c(cc4c3cc2-c2c3c(c4c6cc(C(C)(C)C)ccc6n6c4c2[B]c2cc4c(cc2-6)oc2ccccc24)-c2ccccc2C3(C)C)C(C)(C)CCC5(C)C)cc1. The quantitative estimate of drug-likeness (QED) is 0.179. The van der Waals surface area contributed by atoms with Crippen LogP contribution in [-0.2, 0) is 27.1 Å². The molecule has 72 heavy (non-hydrogen) atoms. The van der Waals surface area contributed by atoms with E-state index in [1.54, 1.807) is 0 Å². The fourth-order valence-corrected chi connectivity index (χ4v) is 14.5. The lowest BCUT2D eigenvalue weighted by Crippen LogP contribution is -2.38. The number of anilines is 2. The normalized spacial score (nSPS) is 16.4. The topological polar surface area (TPSA) is 30.1 Å². The third kappa shape index (κ3) is 6.10. The smallest absolute Gasteiger partial charge is 0.197 e. The number of benzene rings is 8.